The summed E-state index contributed by atoms with van der Waals surface area (Å²) in [5, 5.41) is 2.81. The molecule has 0 radical (unpaired) electrons. The monoisotopic (exact) mass is 370 g/mol. The van der Waals surface area contributed by atoms with E-state index < -0.39 is 0 Å². The maximum atomic E-state index is 13.2. The molecule has 2 aromatic rings. The van der Waals surface area contributed by atoms with E-state index in [-0.39, 0.29) is 30.1 Å². The fraction of sp³-hybridized carbons (Fsp3) is 0.333. The van der Waals surface area contributed by atoms with Gasteiger partial charge in [-0.25, -0.2) is 4.39 Å². The number of carbonyl (C=O) groups excluding carboxylic acids is 2. The average Bonchev–Trinajstić information content (AvgIpc) is 2.66. The quantitative estimate of drug-likeness (QED) is 0.879. The molecule has 2 amide bonds. The number of amides is 2. The maximum absolute atomic E-state index is 13.2. The van der Waals surface area contributed by atoms with Gasteiger partial charge in [0.1, 0.15) is 5.82 Å². The minimum atomic E-state index is -0.309. The van der Waals surface area contributed by atoms with Crippen molar-refractivity contribution in [3.63, 3.8) is 0 Å². The van der Waals surface area contributed by atoms with Crippen molar-refractivity contribution >= 4 is 17.5 Å². The lowest BCUT2D eigenvalue weighted by molar-refractivity contribution is -0.116. The molecule has 0 aliphatic carbocycles. The second-order valence-corrected chi connectivity index (χ2v) is 6.68. The summed E-state index contributed by atoms with van der Waals surface area (Å²) in [5.41, 5.74) is 1.88. The number of hydrogen-bond donors (Lipinski definition) is 1. The number of benzene rings is 2. The lowest BCUT2D eigenvalue weighted by Crippen LogP contribution is -2.47. The number of hydrogen-bond acceptors (Lipinski definition) is 3. The van der Waals surface area contributed by atoms with Gasteiger partial charge >= 0.3 is 0 Å². The summed E-state index contributed by atoms with van der Waals surface area (Å²) in [5.74, 6) is -0.554. The summed E-state index contributed by atoms with van der Waals surface area (Å²) in [4.78, 5) is 26.7. The van der Waals surface area contributed by atoms with Crippen LogP contribution in [0.2, 0.25) is 0 Å². The van der Waals surface area contributed by atoms with Crippen molar-refractivity contribution in [2.24, 2.45) is 0 Å². The van der Waals surface area contributed by atoms with Gasteiger partial charge in [0.15, 0.2) is 0 Å². The van der Waals surface area contributed by atoms with Crippen molar-refractivity contribution in [1.29, 1.82) is 0 Å². The largest absolute Gasteiger partial charge is 0.377 e. The van der Waals surface area contributed by atoms with Crippen LogP contribution < -0.4 is 5.32 Å². The second-order valence-electron chi connectivity index (χ2n) is 6.68. The van der Waals surface area contributed by atoms with Crippen LogP contribution in [0.3, 0.4) is 0 Å². The standard InChI is InChI=1S/C21H23FN2O3/c1-15-14-27-11-10-24(15)21(26)17-5-3-7-19(13-17)23-20(25)9-8-16-4-2-6-18(22)12-16/h2-7,12-13,15H,8-11,14H2,1H3,(H,23,25). The Balaban J connectivity index is 1.59. The Hall–Kier alpha value is -2.73. The molecule has 0 aromatic heterocycles. The molecule has 1 N–H and O–H groups in total. The normalized spacial score (nSPS) is 16.8. The van der Waals surface area contributed by atoms with Crippen LogP contribution in [0.5, 0.6) is 0 Å². The van der Waals surface area contributed by atoms with Crippen LogP contribution in [0.4, 0.5) is 10.1 Å². The van der Waals surface area contributed by atoms with Gasteiger partial charge in [-0.2, -0.15) is 0 Å². The van der Waals surface area contributed by atoms with Gasteiger partial charge in [0, 0.05) is 24.2 Å². The van der Waals surface area contributed by atoms with Gasteiger partial charge in [-0.1, -0.05) is 18.2 Å². The average molecular weight is 370 g/mol. The van der Waals surface area contributed by atoms with Gasteiger partial charge in [0.2, 0.25) is 5.91 Å². The van der Waals surface area contributed by atoms with Crippen LogP contribution in [-0.2, 0) is 16.0 Å². The predicted octanol–water partition coefficient (Wildman–Crippen LogP) is 3.26. The molecule has 1 atom stereocenters. The minimum absolute atomic E-state index is 0.0239. The van der Waals surface area contributed by atoms with Gasteiger partial charge in [-0.15, -0.1) is 0 Å². The summed E-state index contributed by atoms with van der Waals surface area (Å²) < 4.78 is 18.6. The van der Waals surface area contributed by atoms with E-state index >= 15 is 0 Å². The molecule has 1 saturated heterocycles. The molecule has 0 spiro atoms. The molecule has 6 heteroatoms. The summed E-state index contributed by atoms with van der Waals surface area (Å²) in [6, 6.07) is 13.2. The SMILES string of the molecule is CC1COCCN1C(=O)c1cccc(NC(=O)CCc2cccc(F)c2)c1. The molecule has 1 aliphatic heterocycles. The van der Waals surface area contributed by atoms with E-state index in [0.717, 1.165) is 5.56 Å². The first-order valence-corrected chi connectivity index (χ1v) is 9.06. The molecule has 1 unspecified atom stereocenters. The third kappa shape index (κ3) is 5.14. The molecular weight excluding hydrogens is 347 g/mol. The zero-order valence-electron chi connectivity index (χ0n) is 15.3. The lowest BCUT2D eigenvalue weighted by Gasteiger charge is -2.33. The van der Waals surface area contributed by atoms with E-state index in [1.807, 2.05) is 6.92 Å². The highest BCUT2D eigenvalue weighted by Gasteiger charge is 2.24. The number of carbonyl (C=O) groups is 2. The van der Waals surface area contributed by atoms with Crippen molar-refractivity contribution in [2.75, 3.05) is 25.1 Å². The Labute approximate surface area is 158 Å². The fourth-order valence-corrected chi connectivity index (χ4v) is 3.10. The van der Waals surface area contributed by atoms with Gasteiger partial charge in [0.05, 0.1) is 19.3 Å². The summed E-state index contributed by atoms with van der Waals surface area (Å²) in [6.45, 7) is 3.58. The van der Waals surface area contributed by atoms with Gasteiger partial charge in [0.25, 0.3) is 5.91 Å². The minimum Gasteiger partial charge on any atom is -0.377 e. The number of halogens is 1. The van der Waals surface area contributed by atoms with Crippen molar-refractivity contribution in [3.05, 3.63) is 65.5 Å². The third-order valence-electron chi connectivity index (χ3n) is 4.55. The van der Waals surface area contributed by atoms with Crippen molar-refractivity contribution in [1.82, 2.24) is 4.90 Å². The Kier molecular flexibility index (Phi) is 6.19. The van der Waals surface area contributed by atoms with E-state index in [4.69, 9.17) is 4.74 Å². The predicted molar refractivity (Wildman–Crippen MR) is 101 cm³/mol. The number of aryl methyl sites for hydroxylation is 1. The highest BCUT2D eigenvalue weighted by molar-refractivity contribution is 5.97. The topological polar surface area (TPSA) is 58.6 Å². The first-order valence-electron chi connectivity index (χ1n) is 9.06. The van der Waals surface area contributed by atoms with E-state index in [9.17, 15) is 14.0 Å². The second kappa shape index (κ2) is 8.77. The molecule has 142 valence electrons. The Morgan fingerprint density at radius 3 is 2.81 bits per heavy atom. The lowest BCUT2D eigenvalue weighted by atomic mass is 10.1. The van der Waals surface area contributed by atoms with Crippen molar-refractivity contribution in [2.45, 2.75) is 25.8 Å². The highest BCUT2D eigenvalue weighted by atomic mass is 19.1. The summed E-state index contributed by atoms with van der Waals surface area (Å²) >= 11 is 0. The van der Waals surface area contributed by atoms with Crippen LogP contribution in [0.25, 0.3) is 0 Å². The van der Waals surface area contributed by atoms with E-state index in [2.05, 4.69) is 5.32 Å². The number of anilines is 1. The molecule has 27 heavy (non-hydrogen) atoms. The number of morpholine rings is 1. The molecule has 0 bridgehead atoms. The fourth-order valence-electron chi connectivity index (χ4n) is 3.10. The zero-order valence-corrected chi connectivity index (χ0v) is 15.3. The first kappa shape index (κ1) is 19.0. The Bertz CT molecular complexity index is 825. The number of nitrogens with one attached hydrogen (secondary N) is 1. The molecule has 3 rings (SSSR count). The van der Waals surface area contributed by atoms with Crippen LogP contribution in [-0.4, -0.2) is 42.5 Å². The summed E-state index contributed by atoms with van der Waals surface area (Å²) in [7, 11) is 0. The van der Waals surface area contributed by atoms with Crippen molar-refractivity contribution in [3.8, 4) is 0 Å². The smallest absolute Gasteiger partial charge is 0.254 e. The molecule has 0 saturated carbocycles. The van der Waals surface area contributed by atoms with Crippen LogP contribution in [0, 0.1) is 5.82 Å². The number of nitrogens with zero attached hydrogens (tertiary/aromatic N) is 1. The maximum Gasteiger partial charge on any atom is 0.254 e. The van der Waals surface area contributed by atoms with E-state index in [0.29, 0.717) is 37.4 Å². The van der Waals surface area contributed by atoms with Crippen LogP contribution >= 0.6 is 0 Å². The molecule has 1 aliphatic rings. The van der Waals surface area contributed by atoms with E-state index in [1.54, 1.807) is 41.3 Å². The highest BCUT2D eigenvalue weighted by Crippen LogP contribution is 2.17. The zero-order chi connectivity index (χ0) is 19.2. The Morgan fingerprint density at radius 2 is 2.04 bits per heavy atom. The van der Waals surface area contributed by atoms with Gasteiger partial charge < -0.3 is 15.0 Å². The van der Waals surface area contributed by atoms with Crippen LogP contribution in [0.15, 0.2) is 48.5 Å². The number of ether oxygens (including phenoxy) is 1. The van der Waals surface area contributed by atoms with E-state index in [1.165, 1.54) is 12.1 Å². The first-order chi connectivity index (χ1) is 13.0. The Morgan fingerprint density at radius 1 is 1.22 bits per heavy atom. The molecule has 1 fully saturated rings. The molecule has 2 aromatic carbocycles. The van der Waals surface area contributed by atoms with Gasteiger partial charge in [-0.05, 0) is 49.2 Å². The van der Waals surface area contributed by atoms with Gasteiger partial charge in [-0.3, -0.25) is 9.59 Å². The summed E-state index contributed by atoms with van der Waals surface area (Å²) in [6.07, 6.45) is 0.690. The van der Waals surface area contributed by atoms with Crippen molar-refractivity contribution < 1.29 is 18.7 Å². The molecular formula is C21H23FN2O3. The third-order valence-corrected chi connectivity index (χ3v) is 4.55. The molecule has 1 heterocycles. The van der Waals surface area contributed by atoms with Crippen LogP contribution in [0.1, 0.15) is 29.3 Å². The molecule has 5 nitrogen and oxygen atoms in total. The number of rotatable bonds is 5.